The fraction of sp³-hybridized carbons (Fsp3) is 0.588. The Balaban J connectivity index is 1.67. The Morgan fingerprint density at radius 1 is 1.13 bits per heavy atom. The SMILES string of the molecule is O=C(NC1CCC(C(=O)O)CC1)c1cc2c([nH]c1=O)CCCC2. The molecular weight excluding hydrogens is 296 g/mol. The zero-order valence-electron chi connectivity index (χ0n) is 13.1. The summed E-state index contributed by atoms with van der Waals surface area (Å²) in [5.41, 5.74) is 1.86. The van der Waals surface area contributed by atoms with Crippen LogP contribution in [0, 0.1) is 5.92 Å². The van der Waals surface area contributed by atoms with Gasteiger partial charge in [0.1, 0.15) is 5.56 Å². The lowest BCUT2D eigenvalue weighted by Gasteiger charge is -2.26. The fourth-order valence-electron chi connectivity index (χ4n) is 3.59. The quantitative estimate of drug-likeness (QED) is 0.788. The lowest BCUT2D eigenvalue weighted by molar-refractivity contribution is -0.142. The summed E-state index contributed by atoms with van der Waals surface area (Å²) in [4.78, 5) is 38.3. The summed E-state index contributed by atoms with van der Waals surface area (Å²) in [7, 11) is 0. The highest BCUT2D eigenvalue weighted by Crippen LogP contribution is 2.24. The third kappa shape index (κ3) is 3.46. The smallest absolute Gasteiger partial charge is 0.306 e. The van der Waals surface area contributed by atoms with Crippen LogP contribution < -0.4 is 10.9 Å². The van der Waals surface area contributed by atoms with Gasteiger partial charge < -0.3 is 15.4 Å². The molecule has 0 aliphatic heterocycles. The van der Waals surface area contributed by atoms with Gasteiger partial charge in [0.25, 0.3) is 11.5 Å². The number of aromatic nitrogens is 1. The van der Waals surface area contributed by atoms with Gasteiger partial charge in [-0.25, -0.2) is 0 Å². The average molecular weight is 318 g/mol. The predicted octanol–water partition coefficient (Wildman–Crippen LogP) is 1.63. The van der Waals surface area contributed by atoms with Crippen LogP contribution in [-0.4, -0.2) is 28.0 Å². The summed E-state index contributed by atoms with van der Waals surface area (Å²) < 4.78 is 0. The highest BCUT2D eigenvalue weighted by molar-refractivity contribution is 5.94. The second-order valence-corrected chi connectivity index (χ2v) is 6.58. The van der Waals surface area contributed by atoms with Crippen LogP contribution in [0.1, 0.15) is 60.1 Å². The van der Waals surface area contributed by atoms with E-state index in [2.05, 4.69) is 10.3 Å². The molecule has 1 saturated carbocycles. The number of pyridine rings is 1. The van der Waals surface area contributed by atoms with Crippen molar-refractivity contribution in [2.75, 3.05) is 0 Å². The number of aryl methyl sites for hydroxylation is 2. The Kier molecular flexibility index (Phi) is 4.50. The maximum absolute atomic E-state index is 12.4. The van der Waals surface area contributed by atoms with E-state index in [0.29, 0.717) is 25.7 Å². The van der Waals surface area contributed by atoms with Crippen LogP contribution in [0.25, 0.3) is 0 Å². The van der Waals surface area contributed by atoms with Crippen LogP contribution in [0.4, 0.5) is 0 Å². The minimum absolute atomic E-state index is 0.0477. The highest BCUT2D eigenvalue weighted by atomic mass is 16.4. The van der Waals surface area contributed by atoms with E-state index in [4.69, 9.17) is 5.11 Å². The number of fused-ring (bicyclic) bond motifs is 1. The molecule has 0 saturated heterocycles. The van der Waals surface area contributed by atoms with E-state index in [-0.39, 0.29) is 29.0 Å². The van der Waals surface area contributed by atoms with Gasteiger partial charge in [0.2, 0.25) is 0 Å². The van der Waals surface area contributed by atoms with Crippen molar-refractivity contribution in [2.24, 2.45) is 5.92 Å². The van der Waals surface area contributed by atoms with Crippen molar-refractivity contribution in [3.05, 3.63) is 33.2 Å². The molecule has 0 radical (unpaired) electrons. The molecule has 0 atom stereocenters. The van der Waals surface area contributed by atoms with Crippen molar-refractivity contribution in [1.29, 1.82) is 0 Å². The molecule has 0 aromatic carbocycles. The molecule has 6 heteroatoms. The number of carbonyl (C=O) groups excluding carboxylic acids is 1. The van der Waals surface area contributed by atoms with Gasteiger partial charge in [0.05, 0.1) is 5.92 Å². The number of carboxylic acids is 1. The van der Waals surface area contributed by atoms with Gasteiger partial charge in [-0.15, -0.1) is 0 Å². The number of amides is 1. The molecule has 1 aromatic heterocycles. The third-order valence-corrected chi connectivity index (χ3v) is 4.99. The van der Waals surface area contributed by atoms with Crippen LogP contribution in [0.5, 0.6) is 0 Å². The number of rotatable bonds is 3. The van der Waals surface area contributed by atoms with Crippen LogP contribution >= 0.6 is 0 Å². The Bertz CT molecular complexity index is 672. The lowest BCUT2D eigenvalue weighted by atomic mass is 9.86. The summed E-state index contributed by atoms with van der Waals surface area (Å²) >= 11 is 0. The first-order valence-corrected chi connectivity index (χ1v) is 8.33. The molecule has 1 heterocycles. The number of carboxylic acid groups (broad SMARTS) is 1. The molecule has 124 valence electrons. The predicted molar refractivity (Wildman–Crippen MR) is 84.6 cm³/mol. The normalized spacial score (nSPS) is 23.8. The number of aliphatic carboxylic acids is 1. The van der Waals surface area contributed by atoms with E-state index in [1.54, 1.807) is 6.07 Å². The van der Waals surface area contributed by atoms with Gasteiger partial charge in [-0.1, -0.05) is 0 Å². The molecule has 1 fully saturated rings. The minimum Gasteiger partial charge on any atom is -0.481 e. The highest BCUT2D eigenvalue weighted by Gasteiger charge is 2.27. The van der Waals surface area contributed by atoms with Gasteiger partial charge in [-0.05, 0) is 63.0 Å². The molecule has 2 aliphatic rings. The molecular formula is C17H22N2O4. The maximum Gasteiger partial charge on any atom is 0.306 e. The molecule has 2 aliphatic carbocycles. The summed E-state index contributed by atoms with van der Waals surface area (Å²) in [6.07, 6.45) is 6.35. The maximum atomic E-state index is 12.4. The molecule has 0 spiro atoms. The largest absolute Gasteiger partial charge is 0.481 e. The third-order valence-electron chi connectivity index (χ3n) is 4.99. The van der Waals surface area contributed by atoms with E-state index in [1.165, 1.54) is 0 Å². The number of aromatic amines is 1. The molecule has 0 bridgehead atoms. The Hall–Kier alpha value is -2.11. The number of nitrogens with one attached hydrogen (secondary N) is 2. The van der Waals surface area contributed by atoms with Crippen LogP contribution in [-0.2, 0) is 17.6 Å². The Labute approximate surface area is 134 Å². The van der Waals surface area contributed by atoms with Crippen molar-refractivity contribution in [1.82, 2.24) is 10.3 Å². The molecule has 3 N–H and O–H groups in total. The van der Waals surface area contributed by atoms with Crippen LogP contribution in [0.2, 0.25) is 0 Å². The van der Waals surface area contributed by atoms with E-state index < -0.39 is 5.97 Å². The van der Waals surface area contributed by atoms with Crippen molar-refractivity contribution < 1.29 is 14.7 Å². The van der Waals surface area contributed by atoms with Crippen LogP contribution in [0.3, 0.4) is 0 Å². The molecule has 6 nitrogen and oxygen atoms in total. The summed E-state index contributed by atoms with van der Waals surface area (Å²) in [6, 6.07) is 1.68. The van der Waals surface area contributed by atoms with Crippen molar-refractivity contribution in [3.63, 3.8) is 0 Å². The van der Waals surface area contributed by atoms with E-state index >= 15 is 0 Å². The topological polar surface area (TPSA) is 99.3 Å². The van der Waals surface area contributed by atoms with Crippen molar-refractivity contribution >= 4 is 11.9 Å². The number of H-pyrrole nitrogens is 1. The number of hydrogen-bond acceptors (Lipinski definition) is 3. The second-order valence-electron chi connectivity index (χ2n) is 6.58. The monoisotopic (exact) mass is 318 g/mol. The summed E-state index contributed by atoms with van der Waals surface area (Å²) in [6.45, 7) is 0. The summed E-state index contributed by atoms with van der Waals surface area (Å²) in [5.74, 6) is -1.42. The molecule has 1 amide bonds. The fourth-order valence-corrected chi connectivity index (χ4v) is 3.59. The zero-order chi connectivity index (χ0) is 16.4. The molecule has 3 rings (SSSR count). The zero-order valence-corrected chi connectivity index (χ0v) is 13.1. The lowest BCUT2D eigenvalue weighted by Crippen LogP contribution is -2.40. The van der Waals surface area contributed by atoms with Gasteiger partial charge in [-0.2, -0.15) is 0 Å². The number of carbonyl (C=O) groups is 2. The van der Waals surface area contributed by atoms with Gasteiger partial charge in [-0.3, -0.25) is 14.4 Å². The Morgan fingerprint density at radius 2 is 1.83 bits per heavy atom. The Morgan fingerprint density at radius 3 is 2.52 bits per heavy atom. The van der Waals surface area contributed by atoms with E-state index in [9.17, 15) is 14.4 Å². The average Bonchev–Trinajstić information content (AvgIpc) is 2.54. The molecule has 1 aromatic rings. The summed E-state index contributed by atoms with van der Waals surface area (Å²) in [5, 5.41) is 11.9. The van der Waals surface area contributed by atoms with E-state index in [0.717, 1.165) is 36.9 Å². The first kappa shape index (κ1) is 15.8. The van der Waals surface area contributed by atoms with Crippen LogP contribution in [0.15, 0.2) is 10.9 Å². The minimum atomic E-state index is -0.763. The molecule has 0 unspecified atom stereocenters. The second kappa shape index (κ2) is 6.56. The first-order valence-electron chi connectivity index (χ1n) is 8.33. The van der Waals surface area contributed by atoms with Gasteiger partial charge >= 0.3 is 5.97 Å². The van der Waals surface area contributed by atoms with Crippen molar-refractivity contribution in [3.8, 4) is 0 Å². The van der Waals surface area contributed by atoms with Gasteiger partial charge in [0, 0.05) is 11.7 Å². The first-order chi connectivity index (χ1) is 11.0. The molecule has 23 heavy (non-hydrogen) atoms. The van der Waals surface area contributed by atoms with Gasteiger partial charge in [0.15, 0.2) is 0 Å². The standard InChI is InChI=1S/C17H22N2O4/c20-15(18-12-7-5-10(6-8-12)17(22)23)13-9-11-3-1-2-4-14(11)19-16(13)21/h9-10,12H,1-8H2,(H,18,20)(H,19,21)(H,22,23). The van der Waals surface area contributed by atoms with E-state index in [1.807, 2.05) is 0 Å². The van der Waals surface area contributed by atoms with Crippen molar-refractivity contribution in [2.45, 2.75) is 57.4 Å². The number of hydrogen-bond donors (Lipinski definition) is 3.